The molecule has 0 aliphatic heterocycles. The Morgan fingerprint density at radius 3 is 2.89 bits per heavy atom. The normalized spacial score (nSPS) is 23.2. The standard InChI is InChI=1S/C14H18N4/c1-11-4-2-5-13(11)17-12-6-7-14(15-10-12)18-9-3-8-16-18/h3,6-11,13,17H,2,4-5H2,1H3. The van der Waals surface area contributed by atoms with Crippen LogP contribution < -0.4 is 5.32 Å². The number of nitrogens with zero attached hydrogens (tertiary/aromatic N) is 3. The summed E-state index contributed by atoms with van der Waals surface area (Å²) in [4.78, 5) is 4.43. The van der Waals surface area contributed by atoms with Crippen molar-refractivity contribution in [3.8, 4) is 5.82 Å². The van der Waals surface area contributed by atoms with Gasteiger partial charge >= 0.3 is 0 Å². The summed E-state index contributed by atoms with van der Waals surface area (Å²) in [7, 11) is 0. The molecule has 1 aliphatic carbocycles. The summed E-state index contributed by atoms with van der Waals surface area (Å²) in [5.74, 6) is 1.61. The summed E-state index contributed by atoms with van der Waals surface area (Å²) in [6.45, 7) is 2.32. The van der Waals surface area contributed by atoms with Crippen LogP contribution in [0.5, 0.6) is 0 Å². The van der Waals surface area contributed by atoms with E-state index in [1.807, 2.05) is 24.5 Å². The van der Waals surface area contributed by atoms with Crippen molar-refractivity contribution < 1.29 is 0 Å². The molecule has 4 heteroatoms. The topological polar surface area (TPSA) is 42.7 Å². The zero-order chi connectivity index (χ0) is 12.4. The SMILES string of the molecule is CC1CCCC1Nc1ccc(-n2cccn2)nc1. The second-order valence-electron chi connectivity index (χ2n) is 5.01. The van der Waals surface area contributed by atoms with Gasteiger partial charge in [0.15, 0.2) is 5.82 Å². The number of anilines is 1. The van der Waals surface area contributed by atoms with Gasteiger partial charge in [-0.25, -0.2) is 9.67 Å². The second kappa shape index (κ2) is 4.80. The van der Waals surface area contributed by atoms with Gasteiger partial charge in [0.2, 0.25) is 0 Å². The molecule has 1 saturated carbocycles. The van der Waals surface area contributed by atoms with Gasteiger partial charge in [-0.15, -0.1) is 0 Å². The predicted octanol–water partition coefficient (Wildman–Crippen LogP) is 2.87. The van der Waals surface area contributed by atoms with Gasteiger partial charge < -0.3 is 5.32 Å². The van der Waals surface area contributed by atoms with Crippen LogP contribution in [0.4, 0.5) is 5.69 Å². The van der Waals surface area contributed by atoms with Crippen molar-refractivity contribution in [2.45, 2.75) is 32.2 Å². The zero-order valence-electron chi connectivity index (χ0n) is 10.6. The van der Waals surface area contributed by atoms with Crippen LogP contribution in [-0.4, -0.2) is 20.8 Å². The second-order valence-corrected chi connectivity index (χ2v) is 5.01. The van der Waals surface area contributed by atoms with Crippen LogP contribution in [0.1, 0.15) is 26.2 Å². The molecule has 2 atom stereocenters. The number of nitrogens with one attached hydrogen (secondary N) is 1. The largest absolute Gasteiger partial charge is 0.381 e. The molecule has 2 unspecified atom stereocenters. The van der Waals surface area contributed by atoms with Crippen molar-refractivity contribution >= 4 is 5.69 Å². The van der Waals surface area contributed by atoms with E-state index in [1.54, 1.807) is 10.9 Å². The van der Waals surface area contributed by atoms with Gasteiger partial charge in [0.25, 0.3) is 0 Å². The lowest BCUT2D eigenvalue weighted by atomic mass is 10.1. The van der Waals surface area contributed by atoms with E-state index in [0.717, 1.165) is 17.4 Å². The molecule has 0 radical (unpaired) electrons. The van der Waals surface area contributed by atoms with Crippen molar-refractivity contribution in [3.05, 3.63) is 36.8 Å². The highest BCUT2D eigenvalue weighted by molar-refractivity contribution is 5.44. The maximum absolute atomic E-state index is 4.43. The molecular formula is C14H18N4. The summed E-state index contributed by atoms with van der Waals surface area (Å²) >= 11 is 0. The van der Waals surface area contributed by atoms with Gasteiger partial charge in [-0.3, -0.25) is 0 Å². The predicted molar refractivity (Wildman–Crippen MR) is 71.8 cm³/mol. The molecule has 18 heavy (non-hydrogen) atoms. The minimum absolute atomic E-state index is 0.599. The molecule has 2 heterocycles. The molecule has 1 aliphatic rings. The first-order valence-electron chi connectivity index (χ1n) is 6.55. The van der Waals surface area contributed by atoms with Crippen LogP contribution in [0.15, 0.2) is 36.8 Å². The summed E-state index contributed by atoms with van der Waals surface area (Å²) in [6, 6.07) is 6.57. The lowest BCUT2D eigenvalue weighted by molar-refractivity contribution is 0.556. The molecule has 3 rings (SSSR count). The van der Waals surface area contributed by atoms with Crippen LogP contribution in [0.25, 0.3) is 5.82 Å². The van der Waals surface area contributed by atoms with E-state index in [-0.39, 0.29) is 0 Å². The van der Waals surface area contributed by atoms with Crippen molar-refractivity contribution in [3.63, 3.8) is 0 Å². The third kappa shape index (κ3) is 2.23. The zero-order valence-corrected chi connectivity index (χ0v) is 10.6. The van der Waals surface area contributed by atoms with Crippen LogP contribution in [0.3, 0.4) is 0 Å². The Balaban J connectivity index is 1.71. The molecular weight excluding hydrogens is 224 g/mol. The van der Waals surface area contributed by atoms with E-state index in [9.17, 15) is 0 Å². The lowest BCUT2D eigenvalue weighted by Gasteiger charge is -2.18. The Morgan fingerprint density at radius 2 is 2.28 bits per heavy atom. The fraction of sp³-hybridized carbons (Fsp3) is 0.429. The van der Waals surface area contributed by atoms with Crippen LogP contribution in [-0.2, 0) is 0 Å². The van der Waals surface area contributed by atoms with E-state index in [0.29, 0.717) is 6.04 Å². The van der Waals surface area contributed by atoms with Gasteiger partial charge in [-0.05, 0) is 37.0 Å². The van der Waals surface area contributed by atoms with Crippen LogP contribution in [0, 0.1) is 5.92 Å². The van der Waals surface area contributed by atoms with Crippen LogP contribution in [0.2, 0.25) is 0 Å². The molecule has 1 N–H and O–H groups in total. The molecule has 0 amide bonds. The first-order valence-corrected chi connectivity index (χ1v) is 6.55. The van der Waals surface area contributed by atoms with E-state index < -0.39 is 0 Å². The molecule has 0 bridgehead atoms. The number of rotatable bonds is 3. The third-order valence-electron chi connectivity index (χ3n) is 3.70. The Hall–Kier alpha value is -1.84. The Bertz CT molecular complexity index is 489. The maximum Gasteiger partial charge on any atom is 0.153 e. The van der Waals surface area contributed by atoms with Crippen molar-refractivity contribution in [1.29, 1.82) is 0 Å². The molecule has 94 valence electrons. The quantitative estimate of drug-likeness (QED) is 0.900. The van der Waals surface area contributed by atoms with Gasteiger partial charge in [0, 0.05) is 18.4 Å². The molecule has 4 nitrogen and oxygen atoms in total. The summed E-state index contributed by atoms with van der Waals surface area (Å²) in [5, 5.41) is 7.74. The summed E-state index contributed by atoms with van der Waals surface area (Å²) in [5.41, 5.74) is 1.10. The number of aromatic nitrogens is 3. The monoisotopic (exact) mass is 242 g/mol. The highest BCUT2D eigenvalue weighted by Crippen LogP contribution is 2.27. The molecule has 2 aromatic rings. The maximum atomic E-state index is 4.43. The molecule has 1 fully saturated rings. The Kier molecular flexibility index (Phi) is 3.00. The van der Waals surface area contributed by atoms with Crippen molar-refractivity contribution in [2.24, 2.45) is 5.92 Å². The lowest BCUT2D eigenvalue weighted by Crippen LogP contribution is -2.21. The number of hydrogen-bond donors (Lipinski definition) is 1. The van der Waals surface area contributed by atoms with Gasteiger partial charge in [-0.1, -0.05) is 13.3 Å². The third-order valence-corrected chi connectivity index (χ3v) is 3.70. The molecule has 0 aromatic carbocycles. The van der Waals surface area contributed by atoms with E-state index in [1.165, 1.54) is 19.3 Å². The smallest absolute Gasteiger partial charge is 0.153 e. The summed E-state index contributed by atoms with van der Waals surface area (Å²) in [6.07, 6.45) is 9.47. The van der Waals surface area contributed by atoms with E-state index in [2.05, 4.69) is 28.4 Å². The minimum Gasteiger partial charge on any atom is -0.381 e. The van der Waals surface area contributed by atoms with E-state index in [4.69, 9.17) is 0 Å². The number of pyridine rings is 1. The van der Waals surface area contributed by atoms with Gasteiger partial charge in [0.05, 0.1) is 11.9 Å². The fourth-order valence-electron chi connectivity index (χ4n) is 2.59. The van der Waals surface area contributed by atoms with Crippen LogP contribution >= 0.6 is 0 Å². The summed E-state index contributed by atoms with van der Waals surface area (Å²) < 4.78 is 1.77. The molecule has 0 saturated heterocycles. The Labute approximate surface area is 107 Å². The van der Waals surface area contributed by atoms with Crippen molar-refractivity contribution in [1.82, 2.24) is 14.8 Å². The first-order chi connectivity index (χ1) is 8.83. The van der Waals surface area contributed by atoms with Gasteiger partial charge in [0.1, 0.15) is 0 Å². The Morgan fingerprint density at radius 1 is 1.33 bits per heavy atom. The highest BCUT2D eigenvalue weighted by Gasteiger charge is 2.22. The fourth-order valence-corrected chi connectivity index (χ4v) is 2.59. The minimum atomic E-state index is 0.599. The molecule has 0 spiro atoms. The average molecular weight is 242 g/mol. The molecule has 2 aromatic heterocycles. The highest BCUT2D eigenvalue weighted by atomic mass is 15.3. The first kappa shape index (κ1) is 11.3. The number of hydrogen-bond acceptors (Lipinski definition) is 3. The van der Waals surface area contributed by atoms with E-state index >= 15 is 0 Å². The van der Waals surface area contributed by atoms with Crippen molar-refractivity contribution in [2.75, 3.05) is 5.32 Å². The average Bonchev–Trinajstić information content (AvgIpc) is 3.03. The van der Waals surface area contributed by atoms with Gasteiger partial charge in [-0.2, -0.15) is 5.10 Å².